The minimum absolute atomic E-state index is 0.526. The van der Waals surface area contributed by atoms with Crippen LogP contribution in [0.5, 0.6) is 0 Å². The molecule has 0 bridgehead atoms. The molecule has 0 aliphatic heterocycles. The smallest absolute Gasteiger partial charge is 0.0223 e. The molecule has 0 aromatic carbocycles. The molecule has 0 aliphatic carbocycles. The summed E-state index contributed by atoms with van der Waals surface area (Å²) in [5.41, 5.74) is 1.38. The number of aromatic nitrogens is 1. The van der Waals surface area contributed by atoms with Crippen LogP contribution in [-0.4, -0.2) is 10.6 Å². The fraction of sp³-hybridized carbons (Fsp3) is 0.467. The summed E-state index contributed by atoms with van der Waals surface area (Å²) in [5, 5.41) is 5.73. The fourth-order valence-electron chi connectivity index (χ4n) is 2.09. The molecule has 0 amide bonds. The third kappa shape index (κ3) is 4.00. The highest BCUT2D eigenvalue weighted by Gasteiger charge is 2.04. The van der Waals surface area contributed by atoms with Crippen molar-refractivity contribution in [2.45, 2.75) is 45.8 Å². The van der Waals surface area contributed by atoms with Gasteiger partial charge in [0.15, 0.2) is 0 Å². The van der Waals surface area contributed by atoms with Crippen LogP contribution in [0.4, 0.5) is 0 Å². The quantitative estimate of drug-likeness (QED) is 0.805. The second-order valence-electron chi connectivity index (χ2n) is 4.82. The third-order valence-corrected chi connectivity index (χ3v) is 3.93. The zero-order valence-electron chi connectivity index (χ0n) is 11.2. The van der Waals surface area contributed by atoms with E-state index in [2.05, 4.69) is 59.7 Å². The van der Waals surface area contributed by atoms with E-state index in [9.17, 15) is 0 Å². The lowest BCUT2D eigenvalue weighted by Gasteiger charge is -2.11. The van der Waals surface area contributed by atoms with Gasteiger partial charge in [0.1, 0.15) is 0 Å². The Morgan fingerprint density at radius 3 is 3.00 bits per heavy atom. The van der Waals surface area contributed by atoms with Crippen molar-refractivity contribution in [1.82, 2.24) is 9.88 Å². The van der Waals surface area contributed by atoms with Crippen LogP contribution < -0.4 is 5.32 Å². The molecule has 0 fully saturated rings. The zero-order valence-corrected chi connectivity index (χ0v) is 12.0. The summed E-state index contributed by atoms with van der Waals surface area (Å²) < 4.78 is 2.26. The van der Waals surface area contributed by atoms with E-state index in [0.29, 0.717) is 6.04 Å². The van der Waals surface area contributed by atoms with Gasteiger partial charge in [-0.2, -0.15) is 0 Å². The van der Waals surface area contributed by atoms with Crippen molar-refractivity contribution in [2.24, 2.45) is 0 Å². The van der Waals surface area contributed by atoms with Crippen molar-refractivity contribution in [3.8, 4) is 0 Å². The van der Waals surface area contributed by atoms with Gasteiger partial charge in [0.25, 0.3) is 0 Å². The molecule has 2 aromatic rings. The van der Waals surface area contributed by atoms with E-state index in [1.165, 1.54) is 16.9 Å². The van der Waals surface area contributed by atoms with Crippen molar-refractivity contribution in [2.75, 3.05) is 0 Å². The van der Waals surface area contributed by atoms with Crippen LogP contribution in [-0.2, 0) is 19.5 Å². The molecule has 18 heavy (non-hydrogen) atoms. The van der Waals surface area contributed by atoms with E-state index in [1.54, 1.807) is 0 Å². The first-order valence-corrected chi connectivity index (χ1v) is 7.56. The average Bonchev–Trinajstić information content (AvgIpc) is 2.99. The number of nitrogens with one attached hydrogen (secondary N) is 1. The zero-order chi connectivity index (χ0) is 12.8. The molecule has 98 valence electrons. The lowest BCUT2D eigenvalue weighted by Crippen LogP contribution is -2.27. The van der Waals surface area contributed by atoms with Crippen LogP contribution in [0.15, 0.2) is 36.0 Å². The maximum Gasteiger partial charge on any atom is 0.0223 e. The summed E-state index contributed by atoms with van der Waals surface area (Å²) in [5.74, 6) is 0. The topological polar surface area (TPSA) is 17.0 Å². The molecule has 0 aliphatic rings. The molecule has 1 unspecified atom stereocenters. The summed E-state index contributed by atoms with van der Waals surface area (Å²) in [6, 6.07) is 7.07. The first kappa shape index (κ1) is 13.4. The molecule has 3 heteroatoms. The Hall–Kier alpha value is -1.06. The van der Waals surface area contributed by atoms with Gasteiger partial charge in [0.05, 0.1) is 0 Å². The predicted octanol–water partition coefficient (Wildman–Crippen LogP) is 3.68. The normalized spacial score (nSPS) is 12.8. The molecular weight excluding hydrogens is 240 g/mol. The Morgan fingerprint density at radius 1 is 1.39 bits per heavy atom. The number of rotatable bonds is 7. The maximum absolute atomic E-state index is 3.59. The fourth-order valence-corrected chi connectivity index (χ4v) is 2.92. The molecule has 2 rings (SSSR count). The molecule has 1 N–H and O–H groups in total. The summed E-state index contributed by atoms with van der Waals surface area (Å²) in [6.07, 6.45) is 6.72. The summed E-state index contributed by atoms with van der Waals surface area (Å²) in [4.78, 5) is 1.46. The molecule has 2 heterocycles. The Kier molecular flexibility index (Phi) is 5.02. The van der Waals surface area contributed by atoms with Crippen molar-refractivity contribution < 1.29 is 0 Å². The summed E-state index contributed by atoms with van der Waals surface area (Å²) >= 11 is 1.84. The van der Waals surface area contributed by atoms with Crippen LogP contribution in [0.2, 0.25) is 0 Å². The van der Waals surface area contributed by atoms with E-state index in [1.807, 2.05) is 11.3 Å². The molecular formula is C15H22N2S. The van der Waals surface area contributed by atoms with E-state index < -0.39 is 0 Å². The van der Waals surface area contributed by atoms with E-state index in [0.717, 1.165) is 19.5 Å². The molecule has 2 aromatic heterocycles. The Bertz CT molecular complexity index is 445. The van der Waals surface area contributed by atoms with Gasteiger partial charge in [-0.3, -0.25) is 0 Å². The summed E-state index contributed by atoms with van der Waals surface area (Å²) in [7, 11) is 0. The standard InChI is InChI=1S/C15H22N2S/c1-3-7-17-8-6-14(12-17)11-16-13(2)10-15-5-4-9-18-15/h4-6,8-9,12-13,16H,3,7,10-11H2,1-2H3. The van der Waals surface area contributed by atoms with Crippen LogP contribution in [0.1, 0.15) is 30.7 Å². The highest BCUT2D eigenvalue weighted by molar-refractivity contribution is 7.09. The number of aryl methyl sites for hydroxylation is 1. The van der Waals surface area contributed by atoms with E-state index in [4.69, 9.17) is 0 Å². The minimum Gasteiger partial charge on any atom is -0.354 e. The van der Waals surface area contributed by atoms with Gasteiger partial charge < -0.3 is 9.88 Å². The van der Waals surface area contributed by atoms with Crippen molar-refractivity contribution in [3.05, 3.63) is 46.4 Å². The van der Waals surface area contributed by atoms with Gasteiger partial charge in [-0.05, 0) is 42.8 Å². The molecule has 2 nitrogen and oxygen atoms in total. The van der Waals surface area contributed by atoms with Crippen LogP contribution in [0, 0.1) is 0 Å². The molecule has 0 saturated carbocycles. The van der Waals surface area contributed by atoms with E-state index >= 15 is 0 Å². The monoisotopic (exact) mass is 262 g/mol. The van der Waals surface area contributed by atoms with Crippen molar-refractivity contribution >= 4 is 11.3 Å². The largest absolute Gasteiger partial charge is 0.354 e. The first-order valence-electron chi connectivity index (χ1n) is 6.68. The van der Waals surface area contributed by atoms with Gasteiger partial charge >= 0.3 is 0 Å². The van der Waals surface area contributed by atoms with Gasteiger partial charge in [-0.25, -0.2) is 0 Å². The molecule has 0 spiro atoms. The third-order valence-electron chi connectivity index (χ3n) is 3.04. The number of thiophene rings is 1. The van der Waals surface area contributed by atoms with E-state index in [-0.39, 0.29) is 0 Å². The van der Waals surface area contributed by atoms with Gasteiger partial charge in [0.2, 0.25) is 0 Å². The lowest BCUT2D eigenvalue weighted by atomic mass is 10.2. The van der Waals surface area contributed by atoms with Crippen LogP contribution in [0.25, 0.3) is 0 Å². The predicted molar refractivity (Wildman–Crippen MR) is 79.0 cm³/mol. The highest BCUT2D eigenvalue weighted by atomic mass is 32.1. The Balaban J connectivity index is 1.76. The average molecular weight is 262 g/mol. The maximum atomic E-state index is 3.59. The number of nitrogens with zero attached hydrogens (tertiary/aromatic N) is 1. The molecule has 1 atom stereocenters. The number of hydrogen-bond donors (Lipinski definition) is 1. The lowest BCUT2D eigenvalue weighted by molar-refractivity contribution is 0.547. The van der Waals surface area contributed by atoms with Crippen LogP contribution >= 0.6 is 11.3 Å². The molecule has 0 saturated heterocycles. The minimum atomic E-state index is 0.526. The van der Waals surface area contributed by atoms with Gasteiger partial charge in [-0.1, -0.05) is 13.0 Å². The highest BCUT2D eigenvalue weighted by Crippen LogP contribution is 2.11. The number of hydrogen-bond acceptors (Lipinski definition) is 2. The molecule has 0 radical (unpaired) electrons. The first-order chi connectivity index (χ1) is 8.78. The van der Waals surface area contributed by atoms with Crippen molar-refractivity contribution in [3.63, 3.8) is 0 Å². The SMILES string of the molecule is CCCn1ccc(CNC(C)Cc2cccs2)c1. The van der Waals surface area contributed by atoms with Crippen molar-refractivity contribution in [1.29, 1.82) is 0 Å². The second kappa shape index (κ2) is 6.76. The van der Waals surface area contributed by atoms with Gasteiger partial charge in [-0.15, -0.1) is 11.3 Å². The summed E-state index contributed by atoms with van der Waals surface area (Å²) in [6.45, 7) is 6.54. The second-order valence-corrected chi connectivity index (χ2v) is 5.86. The van der Waals surface area contributed by atoms with Gasteiger partial charge in [0, 0.05) is 36.4 Å². The Labute approximate surface area is 114 Å². The van der Waals surface area contributed by atoms with Crippen LogP contribution in [0.3, 0.4) is 0 Å². The Morgan fingerprint density at radius 2 is 2.28 bits per heavy atom.